The van der Waals surface area contributed by atoms with Crippen LogP contribution in [0.4, 0.5) is 14.6 Å². The Morgan fingerprint density at radius 3 is 2.83 bits per heavy atom. The Morgan fingerprint density at radius 2 is 2.03 bits per heavy atom. The molecular weight excluding hydrogens is 466 g/mol. The number of ether oxygens (including phenoxy) is 1. The molecule has 5 heterocycles. The lowest BCUT2D eigenvalue weighted by Gasteiger charge is -2.19. The number of alkyl halides is 2. The highest BCUT2D eigenvalue weighted by atomic mass is 19.3. The third kappa shape index (κ3) is 3.47. The van der Waals surface area contributed by atoms with Gasteiger partial charge in [0.25, 0.3) is 0 Å². The Hall–Kier alpha value is -4.08. The summed E-state index contributed by atoms with van der Waals surface area (Å²) in [4.78, 5) is 26.2. The van der Waals surface area contributed by atoms with Crippen LogP contribution in [0.1, 0.15) is 29.9 Å². The molecule has 1 atom stereocenters. The third-order valence-electron chi connectivity index (χ3n) is 6.71. The van der Waals surface area contributed by atoms with Crippen LogP contribution in [0.15, 0.2) is 52.4 Å². The monoisotopic (exact) mass is 490 g/mol. The second-order valence-electron chi connectivity index (χ2n) is 9.21. The lowest BCUT2D eigenvalue weighted by molar-refractivity contribution is -0.0214. The molecule has 10 heteroatoms. The van der Waals surface area contributed by atoms with E-state index in [9.17, 15) is 13.6 Å². The van der Waals surface area contributed by atoms with Gasteiger partial charge in [-0.15, -0.1) is 0 Å². The molecule has 0 amide bonds. The molecule has 184 valence electrons. The molecule has 4 aliphatic rings. The van der Waals surface area contributed by atoms with E-state index in [2.05, 4.69) is 14.9 Å². The molecule has 0 saturated carbocycles. The van der Waals surface area contributed by atoms with Gasteiger partial charge in [-0.25, -0.2) is 9.97 Å². The molecule has 36 heavy (non-hydrogen) atoms. The second-order valence-corrected chi connectivity index (χ2v) is 9.21. The molecule has 2 aromatic rings. The van der Waals surface area contributed by atoms with Gasteiger partial charge in [0.05, 0.1) is 17.2 Å². The Morgan fingerprint density at radius 1 is 1.19 bits per heavy atom. The van der Waals surface area contributed by atoms with Crippen molar-refractivity contribution in [3.8, 4) is 28.3 Å². The number of para-hydroxylation sites is 1. The summed E-state index contributed by atoms with van der Waals surface area (Å²) in [6, 6.07) is 9.60. The highest BCUT2D eigenvalue weighted by Crippen LogP contribution is 2.45. The zero-order chi connectivity index (χ0) is 25.2. The van der Waals surface area contributed by atoms with Gasteiger partial charge >= 0.3 is 5.92 Å². The van der Waals surface area contributed by atoms with Crippen molar-refractivity contribution in [2.75, 3.05) is 18.5 Å². The number of hydrogen-bond acceptors (Lipinski definition) is 6. The SMILES string of the molecule is Cc1nc2n3c(c(-c4ccc(=O)n(C)c4)cc-2c(=NC(C)c2cccc4c2OCC4(F)F)n1)NCC3. The Balaban J connectivity index is 1.56. The summed E-state index contributed by atoms with van der Waals surface area (Å²) in [7, 11) is 1.71. The summed E-state index contributed by atoms with van der Waals surface area (Å²) >= 11 is 0. The van der Waals surface area contributed by atoms with Crippen molar-refractivity contribution in [3.05, 3.63) is 75.4 Å². The largest absolute Gasteiger partial charge is 0.486 e. The van der Waals surface area contributed by atoms with Crippen molar-refractivity contribution in [2.24, 2.45) is 12.0 Å². The zero-order valence-corrected chi connectivity index (χ0v) is 20.0. The van der Waals surface area contributed by atoms with Crippen LogP contribution in [0.3, 0.4) is 0 Å². The predicted molar refractivity (Wildman–Crippen MR) is 130 cm³/mol. The van der Waals surface area contributed by atoms with E-state index < -0.39 is 18.6 Å². The Bertz CT molecular complexity index is 1620. The molecule has 0 aliphatic carbocycles. The lowest BCUT2D eigenvalue weighted by atomic mass is 10.0. The van der Waals surface area contributed by atoms with E-state index in [1.165, 1.54) is 16.7 Å². The van der Waals surface area contributed by atoms with Crippen molar-refractivity contribution in [2.45, 2.75) is 32.4 Å². The molecular formula is C26H24F2N6O2. The van der Waals surface area contributed by atoms with Gasteiger partial charge in [0.1, 0.15) is 23.2 Å². The molecule has 0 fully saturated rings. The fourth-order valence-corrected chi connectivity index (χ4v) is 4.94. The van der Waals surface area contributed by atoms with Crippen LogP contribution in [0.5, 0.6) is 5.75 Å². The molecule has 1 unspecified atom stereocenters. The van der Waals surface area contributed by atoms with Crippen LogP contribution in [0, 0.1) is 6.92 Å². The van der Waals surface area contributed by atoms with Crippen molar-refractivity contribution in [1.29, 1.82) is 0 Å². The molecule has 0 saturated heterocycles. The van der Waals surface area contributed by atoms with Crippen LogP contribution >= 0.6 is 0 Å². The van der Waals surface area contributed by atoms with Gasteiger partial charge in [-0.1, -0.05) is 12.1 Å². The summed E-state index contributed by atoms with van der Waals surface area (Å²) in [5.74, 6) is -0.610. The van der Waals surface area contributed by atoms with Gasteiger partial charge in [0.15, 0.2) is 12.1 Å². The van der Waals surface area contributed by atoms with E-state index in [0.29, 0.717) is 23.4 Å². The van der Waals surface area contributed by atoms with Crippen LogP contribution in [-0.4, -0.2) is 32.3 Å². The summed E-state index contributed by atoms with van der Waals surface area (Å²) < 4.78 is 37.5. The molecule has 0 radical (unpaired) electrons. The highest BCUT2D eigenvalue weighted by molar-refractivity contribution is 5.82. The Labute approximate surface area is 205 Å². The molecule has 4 aliphatic heterocycles. The maximum Gasteiger partial charge on any atom is 0.310 e. The minimum atomic E-state index is -3.02. The number of pyridine rings is 2. The number of rotatable bonds is 3. The third-order valence-corrected chi connectivity index (χ3v) is 6.71. The van der Waals surface area contributed by atoms with E-state index in [-0.39, 0.29) is 16.9 Å². The fourth-order valence-electron chi connectivity index (χ4n) is 4.94. The number of halogens is 2. The summed E-state index contributed by atoms with van der Waals surface area (Å²) in [6.07, 6.45) is 1.80. The maximum absolute atomic E-state index is 14.2. The first-order valence-electron chi connectivity index (χ1n) is 11.7. The quantitative estimate of drug-likeness (QED) is 0.474. The Kier molecular flexibility index (Phi) is 4.96. The number of aromatic nitrogens is 4. The first-order chi connectivity index (χ1) is 17.2. The van der Waals surface area contributed by atoms with E-state index in [1.807, 2.05) is 19.9 Å². The van der Waals surface area contributed by atoms with Gasteiger partial charge in [0, 0.05) is 49.1 Å². The summed E-state index contributed by atoms with van der Waals surface area (Å²) in [5.41, 5.74) is 3.36. The van der Waals surface area contributed by atoms with Crippen LogP contribution in [-0.2, 0) is 19.5 Å². The van der Waals surface area contributed by atoms with E-state index in [1.54, 1.807) is 31.4 Å². The average Bonchev–Trinajstić information content (AvgIpc) is 3.45. The molecule has 1 N–H and O–H groups in total. The maximum atomic E-state index is 14.2. The molecule has 1 aromatic heterocycles. The minimum Gasteiger partial charge on any atom is -0.486 e. The molecule has 0 bridgehead atoms. The first kappa shape index (κ1) is 22.4. The van der Waals surface area contributed by atoms with Crippen molar-refractivity contribution in [3.63, 3.8) is 0 Å². The van der Waals surface area contributed by atoms with Crippen LogP contribution in [0.25, 0.3) is 22.5 Å². The average molecular weight is 491 g/mol. The number of aryl methyl sites for hydroxylation is 2. The summed E-state index contributed by atoms with van der Waals surface area (Å²) in [5, 5.41) is 3.43. The topological polar surface area (TPSA) is 86.3 Å². The standard InChI is InChI=1S/C26H24F2N6O2/c1-14(17-5-4-6-20-22(17)36-13-26(20,27)28)30-23-19-11-18(16-7-8-21(35)33(3)12-16)24-29-9-10-34(24)25(19)32-15(2)31-23/h4-8,11-12,14,29H,9-10,13H2,1-3H3. The van der Waals surface area contributed by atoms with Gasteiger partial charge in [-0.3, -0.25) is 9.79 Å². The highest BCUT2D eigenvalue weighted by Gasteiger charge is 2.42. The summed E-state index contributed by atoms with van der Waals surface area (Å²) in [6.45, 7) is 4.44. The van der Waals surface area contributed by atoms with Crippen molar-refractivity contribution < 1.29 is 13.5 Å². The first-order valence-corrected chi connectivity index (χ1v) is 11.7. The smallest absolute Gasteiger partial charge is 0.310 e. The van der Waals surface area contributed by atoms with Crippen LogP contribution < -0.4 is 21.1 Å². The van der Waals surface area contributed by atoms with Gasteiger partial charge in [-0.05, 0) is 32.0 Å². The zero-order valence-electron chi connectivity index (χ0n) is 20.0. The normalized spacial score (nSPS) is 17.0. The number of hydrogen-bond donors (Lipinski definition) is 1. The van der Waals surface area contributed by atoms with Crippen molar-refractivity contribution in [1.82, 2.24) is 19.1 Å². The number of benzene rings is 1. The molecule has 8 nitrogen and oxygen atoms in total. The fraction of sp³-hybridized carbons (Fsp3) is 0.308. The van der Waals surface area contributed by atoms with Gasteiger partial charge in [0.2, 0.25) is 5.56 Å². The predicted octanol–water partition coefficient (Wildman–Crippen LogP) is 3.63. The number of anilines is 1. The van der Waals surface area contributed by atoms with Gasteiger partial charge in [-0.2, -0.15) is 8.78 Å². The van der Waals surface area contributed by atoms with E-state index in [0.717, 1.165) is 34.9 Å². The number of fused-ring (bicyclic) bond motifs is 4. The van der Waals surface area contributed by atoms with Crippen molar-refractivity contribution >= 4 is 5.82 Å². The molecule has 1 aromatic carbocycles. The molecule has 0 spiro atoms. The minimum absolute atomic E-state index is 0.0940. The van der Waals surface area contributed by atoms with Crippen LogP contribution in [0.2, 0.25) is 0 Å². The molecule has 6 rings (SSSR count). The number of nitrogens with zero attached hydrogens (tertiary/aromatic N) is 5. The second kappa shape index (κ2) is 7.97. The lowest BCUT2D eigenvalue weighted by Crippen LogP contribution is -2.21. The van der Waals surface area contributed by atoms with E-state index in [4.69, 9.17) is 14.7 Å². The number of nitrogens with one attached hydrogen (secondary N) is 1. The van der Waals surface area contributed by atoms with Gasteiger partial charge < -0.3 is 19.2 Å². The van der Waals surface area contributed by atoms with E-state index >= 15 is 0 Å².